The minimum absolute atomic E-state index is 0.142. The maximum atomic E-state index is 11.3. The Kier molecular flexibility index (Phi) is 4.85. The number of carbonyl (C=O) groups excluding carboxylic acids is 1. The van der Waals surface area contributed by atoms with Gasteiger partial charge in [0.05, 0.1) is 0 Å². The number of hydrogen-bond donors (Lipinski definition) is 0. The number of benzene rings is 1. The summed E-state index contributed by atoms with van der Waals surface area (Å²) in [6.07, 6.45) is 0. The molecular weight excluding hydrogens is 206 g/mol. The first kappa shape index (κ1) is 12.3. The van der Waals surface area contributed by atoms with Crippen LogP contribution in [0.1, 0.15) is 17.3 Å². The maximum absolute atomic E-state index is 11.3. The summed E-state index contributed by atoms with van der Waals surface area (Å²) >= 11 is 1.74. The van der Waals surface area contributed by atoms with Crippen molar-refractivity contribution >= 4 is 17.5 Å². The molecule has 0 N–H and O–H groups in total. The summed E-state index contributed by atoms with van der Waals surface area (Å²) < 4.78 is 0. The molecule has 0 fully saturated rings. The summed E-state index contributed by atoms with van der Waals surface area (Å²) in [6, 6.07) is 7.79. The van der Waals surface area contributed by atoms with E-state index in [-0.39, 0.29) is 5.78 Å². The van der Waals surface area contributed by atoms with E-state index >= 15 is 0 Å². The standard InChI is InChI=1S/C12H17NOS/c1-10(14)11-6-4-5-7-12(11)15-9-8-13(2)3/h4-7H,8-9H2,1-3H3. The van der Waals surface area contributed by atoms with Gasteiger partial charge in [-0.05, 0) is 27.1 Å². The summed E-state index contributed by atoms with van der Waals surface area (Å²) in [7, 11) is 4.11. The van der Waals surface area contributed by atoms with Crippen molar-refractivity contribution < 1.29 is 4.79 Å². The van der Waals surface area contributed by atoms with Gasteiger partial charge in [0.25, 0.3) is 0 Å². The molecule has 0 atom stereocenters. The second-order valence-corrected chi connectivity index (χ2v) is 4.84. The smallest absolute Gasteiger partial charge is 0.160 e. The Morgan fingerprint density at radius 3 is 2.60 bits per heavy atom. The molecular formula is C12H17NOS. The maximum Gasteiger partial charge on any atom is 0.160 e. The molecule has 1 rings (SSSR count). The molecule has 0 bridgehead atoms. The van der Waals surface area contributed by atoms with Gasteiger partial charge in [-0.15, -0.1) is 11.8 Å². The van der Waals surface area contributed by atoms with Gasteiger partial charge in [-0.1, -0.05) is 18.2 Å². The molecule has 0 aliphatic heterocycles. The number of hydrogen-bond acceptors (Lipinski definition) is 3. The largest absolute Gasteiger partial charge is 0.309 e. The molecule has 0 radical (unpaired) electrons. The molecule has 0 aliphatic carbocycles. The van der Waals surface area contributed by atoms with E-state index in [0.29, 0.717) is 0 Å². The van der Waals surface area contributed by atoms with Crippen LogP contribution < -0.4 is 0 Å². The number of carbonyl (C=O) groups is 1. The monoisotopic (exact) mass is 223 g/mol. The predicted octanol–water partition coefficient (Wildman–Crippen LogP) is 2.54. The van der Waals surface area contributed by atoms with Crippen LogP contribution in [0.15, 0.2) is 29.2 Å². The van der Waals surface area contributed by atoms with Crippen LogP contribution in [0.3, 0.4) is 0 Å². The number of Topliss-reactive ketones (excluding diaryl/α,β-unsaturated/α-hetero) is 1. The summed E-state index contributed by atoms with van der Waals surface area (Å²) in [4.78, 5) is 14.6. The molecule has 0 unspecified atom stereocenters. The molecule has 3 heteroatoms. The number of thioether (sulfide) groups is 1. The zero-order chi connectivity index (χ0) is 11.3. The van der Waals surface area contributed by atoms with Gasteiger partial charge in [0.15, 0.2) is 5.78 Å². The van der Waals surface area contributed by atoms with Gasteiger partial charge in [0.1, 0.15) is 0 Å². The third-order valence-corrected chi connectivity index (χ3v) is 3.12. The lowest BCUT2D eigenvalue weighted by Gasteiger charge is -2.10. The number of rotatable bonds is 5. The number of nitrogens with zero attached hydrogens (tertiary/aromatic N) is 1. The molecule has 0 aromatic heterocycles. The van der Waals surface area contributed by atoms with Crippen molar-refractivity contribution in [3.8, 4) is 0 Å². The van der Waals surface area contributed by atoms with Crippen LogP contribution in [-0.4, -0.2) is 37.1 Å². The average molecular weight is 223 g/mol. The highest BCUT2D eigenvalue weighted by Crippen LogP contribution is 2.22. The van der Waals surface area contributed by atoms with Crippen molar-refractivity contribution in [2.45, 2.75) is 11.8 Å². The van der Waals surface area contributed by atoms with E-state index in [9.17, 15) is 4.79 Å². The van der Waals surface area contributed by atoms with E-state index in [1.807, 2.05) is 24.3 Å². The first-order chi connectivity index (χ1) is 7.11. The Labute approximate surface area is 95.7 Å². The summed E-state index contributed by atoms with van der Waals surface area (Å²) in [6.45, 7) is 2.64. The molecule has 82 valence electrons. The van der Waals surface area contributed by atoms with Gasteiger partial charge in [-0.3, -0.25) is 4.79 Å². The molecule has 2 nitrogen and oxygen atoms in total. The zero-order valence-corrected chi connectivity index (χ0v) is 10.3. The van der Waals surface area contributed by atoms with Crippen molar-refractivity contribution in [1.82, 2.24) is 4.90 Å². The van der Waals surface area contributed by atoms with E-state index < -0.39 is 0 Å². The Morgan fingerprint density at radius 1 is 1.33 bits per heavy atom. The van der Waals surface area contributed by atoms with Gasteiger partial charge in [-0.25, -0.2) is 0 Å². The van der Waals surface area contributed by atoms with Crippen molar-refractivity contribution in [2.24, 2.45) is 0 Å². The van der Waals surface area contributed by atoms with Crippen LogP contribution in [-0.2, 0) is 0 Å². The Morgan fingerprint density at radius 2 is 2.00 bits per heavy atom. The van der Waals surface area contributed by atoms with Crippen molar-refractivity contribution in [2.75, 3.05) is 26.4 Å². The zero-order valence-electron chi connectivity index (χ0n) is 9.49. The average Bonchev–Trinajstić information content (AvgIpc) is 2.17. The highest BCUT2D eigenvalue weighted by Gasteiger charge is 2.06. The lowest BCUT2D eigenvalue weighted by atomic mass is 10.1. The van der Waals surface area contributed by atoms with Crippen LogP contribution >= 0.6 is 11.8 Å². The van der Waals surface area contributed by atoms with E-state index in [1.165, 1.54) is 0 Å². The van der Waals surface area contributed by atoms with Gasteiger partial charge in [0.2, 0.25) is 0 Å². The SMILES string of the molecule is CC(=O)c1ccccc1SCCN(C)C. The summed E-state index contributed by atoms with van der Waals surface area (Å²) in [5.74, 6) is 1.15. The molecule has 0 saturated carbocycles. The van der Waals surface area contributed by atoms with Crippen LogP contribution in [0, 0.1) is 0 Å². The first-order valence-electron chi connectivity index (χ1n) is 4.98. The normalized spacial score (nSPS) is 10.7. The molecule has 15 heavy (non-hydrogen) atoms. The molecule has 0 aliphatic rings. The molecule has 1 aromatic carbocycles. The summed E-state index contributed by atoms with van der Waals surface area (Å²) in [5.41, 5.74) is 0.834. The van der Waals surface area contributed by atoms with Gasteiger partial charge < -0.3 is 4.90 Å². The molecule has 1 aromatic rings. The third kappa shape index (κ3) is 4.06. The van der Waals surface area contributed by atoms with E-state index in [4.69, 9.17) is 0 Å². The third-order valence-electron chi connectivity index (χ3n) is 2.06. The topological polar surface area (TPSA) is 20.3 Å². The molecule has 0 spiro atoms. The Bertz CT molecular complexity index is 336. The van der Waals surface area contributed by atoms with E-state index in [1.54, 1.807) is 18.7 Å². The second-order valence-electron chi connectivity index (χ2n) is 3.70. The van der Waals surface area contributed by atoms with Crippen LogP contribution in [0.25, 0.3) is 0 Å². The lowest BCUT2D eigenvalue weighted by molar-refractivity contribution is 0.101. The van der Waals surface area contributed by atoms with Gasteiger partial charge >= 0.3 is 0 Å². The second kappa shape index (κ2) is 5.93. The quantitative estimate of drug-likeness (QED) is 0.565. The van der Waals surface area contributed by atoms with Crippen molar-refractivity contribution in [3.63, 3.8) is 0 Å². The highest BCUT2D eigenvalue weighted by molar-refractivity contribution is 7.99. The fourth-order valence-electron chi connectivity index (χ4n) is 1.22. The van der Waals surface area contributed by atoms with Crippen LogP contribution in [0.4, 0.5) is 0 Å². The fraction of sp³-hybridized carbons (Fsp3) is 0.417. The highest BCUT2D eigenvalue weighted by atomic mass is 32.2. The lowest BCUT2D eigenvalue weighted by Crippen LogP contribution is -2.14. The van der Waals surface area contributed by atoms with E-state index in [2.05, 4.69) is 19.0 Å². The Balaban J connectivity index is 2.63. The van der Waals surface area contributed by atoms with Gasteiger partial charge in [0, 0.05) is 22.8 Å². The minimum Gasteiger partial charge on any atom is -0.309 e. The van der Waals surface area contributed by atoms with Crippen molar-refractivity contribution in [3.05, 3.63) is 29.8 Å². The fourth-order valence-corrected chi connectivity index (χ4v) is 2.44. The molecule has 0 saturated heterocycles. The number of ketones is 1. The Hall–Kier alpha value is -0.800. The minimum atomic E-state index is 0.142. The van der Waals surface area contributed by atoms with Gasteiger partial charge in [-0.2, -0.15) is 0 Å². The van der Waals surface area contributed by atoms with Crippen LogP contribution in [0.2, 0.25) is 0 Å². The van der Waals surface area contributed by atoms with Crippen molar-refractivity contribution in [1.29, 1.82) is 0 Å². The molecule has 0 amide bonds. The predicted molar refractivity (Wildman–Crippen MR) is 65.7 cm³/mol. The molecule has 0 heterocycles. The first-order valence-corrected chi connectivity index (χ1v) is 5.97. The van der Waals surface area contributed by atoms with E-state index in [0.717, 1.165) is 22.8 Å². The van der Waals surface area contributed by atoms with Crippen LogP contribution in [0.5, 0.6) is 0 Å². The summed E-state index contributed by atoms with van der Waals surface area (Å²) in [5, 5.41) is 0.